The Morgan fingerprint density at radius 1 is 1.56 bits per heavy atom. The molecular weight excluding hydrogens is 122 g/mol. The molecule has 0 spiro atoms. The molecule has 0 saturated carbocycles. The molecule has 0 radical (unpaired) electrons. The molecular formula is C3H8N5O+. The van der Waals surface area contributed by atoms with Crippen molar-refractivity contribution in [3.05, 3.63) is 0 Å². The van der Waals surface area contributed by atoms with Crippen molar-refractivity contribution in [3.63, 3.8) is 0 Å². The van der Waals surface area contributed by atoms with Crippen molar-refractivity contribution in [3.8, 4) is 0 Å². The highest BCUT2D eigenvalue weighted by molar-refractivity contribution is 5.39. The fraction of sp³-hybridized carbons (Fsp3) is 0. The van der Waals surface area contributed by atoms with Crippen LogP contribution in [0, 0.1) is 5.41 Å². The summed E-state index contributed by atoms with van der Waals surface area (Å²) in [6.07, 6.45) is 0.601. The smallest absolute Gasteiger partial charge is 0.247 e. The van der Waals surface area contributed by atoms with Gasteiger partial charge in [0.25, 0.3) is 0 Å². The SMILES string of the molecule is C=N[N+](N)(N=C)OC=N. The van der Waals surface area contributed by atoms with E-state index in [1.807, 2.05) is 0 Å². The number of hydrogen-bond donors (Lipinski definition) is 2. The molecule has 50 valence electrons. The lowest BCUT2D eigenvalue weighted by Crippen LogP contribution is -2.43. The molecule has 3 N–H and O–H groups in total. The lowest BCUT2D eigenvalue weighted by molar-refractivity contribution is -1.11. The van der Waals surface area contributed by atoms with Crippen molar-refractivity contribution in [2.24, 2.45) is 16.0 Å². The van der Waals surface area contributed by atoms with Crippen LogP contribution in [0.2, 0.25) is 0 Å². The van der Waals surface area contributed by atoms with Crippen molar-refractivity contribution < 1.29 is 9.81 Å². The fourth-order valence-electron chi connectivity index (χ4n) is 0.189. The second-order valence-corrected chi connectivity index (χ2v) is 1.10. The Bertz CT molecular complexity index is 124. The second kappa shape index (κ2) is 2.90. The molecule has 0 atom stereocenters. The van der Waals surface area contributed by atoms with Crippen molar-refractivity contribution in [2.45, 2.75) is 0 Å². The van der Waals surface area contributed by atoms with Gasteiger partial charge in [0.1, 0.15) is 0 Å². The van der Waals surface area contributed by atoms with Crippen LogP contribution < -0.4 is 5.84 Å². The molecule has 0 rings (SSSR count). The molecule has 0 heterocycles. The maximum absolute atomic E-state index is 6.45. The van der Waals surface area contributed by atoms with E-state index in [1.165, 1.54) is 0 Å². The van der Waals surface area contributed by atoms with E-state index in [1.54, 1.807) is 0 Å². The van der Waals surface area contributed by atoms with Crippen LogP contribution in [-0.2, 0) is 4.84 Å². The fourth-order valence-corrected chi connectivity index (χ4v) is 0.189. The first-order valence-electron chi connectivity index (χ1n) is 2.00. The number of rotatable bonds is 4. The van der Waals surface area contributed by atoms with Gasteiger partial charge < -0.3 is 0 Å². The minimum absolute atomic E-state index is 0.601. The van der Waals surface area contributed by atoms with Crippen molar-refractivity contribution in [2.75, 3.05) is 0 Å². The molecule has 9 heavy (non-hydrogen) atoms. The molecule has 0 amide bonds. The summed E-state index contributed by atoms with van der Waals surface area (Å²) in [5, 5.41) is 12.8. The highest BCUT2D eigenvalue weighted by atomic mass is 16.8. The summed E-state index contributed by atoms with van der Waals surface area (Å²) in [6.45, 7) is 6.11. The first-order chi connectivity index (χ1) is 4.18. The Hall–Kier alpha value is -1.27. The quantitative estimate of drug-likeness (QED) is 0.176. The van der Waals surface area contributed by atoms with Crippen LogP contribution in [0.15, 0.2) is 10.2 Å². The molecule has 0 aromatic rings. The summed E-state index contributed by atoms with van der Waals surface area (Å²) in [4.78, 5) is 3.34. The summed E-state index contributed by atoms with van der Waals surface area (Å²) < 4.78 is 0. The van der Waals surface area contributed by atoms with Gasteiger partial charge in [-0.3, -0.25) is 5.41 Å². The van der Waals surface area contributed by atoms with Crippen molar-refractivity contribution >= 4 is 19.8 Å². The third-order valence-corrected chi connectivity index (χ3v) is 0.613. The molecule has 6 heteroatoms. The second-order valence-electron chi connectivity index (χ2n) is 1.10. The minimum Gasteiger partial charge on any atom is -0.269 e. The third-order valence-electron chi connectivity index (χ3n) is 0.613. The van der Waals surface area contributed by atoms with E-state index < -0.39 is 4.97 Å². The number of hydrogen-bond acceptors (Lipinski definition) is 5. The minimum atomic E-state index is -0.983. The normalized spacial score (nSPS) is 9.89. The summed E-state index contributed by atoms with van der Waals surface area (Å²) in [7, 11) is 0. The molecule has 0 unspecified atom stereocenters. The zero-order valence-corrected chi connectivity index (χ0v) is 4.82. The van der Waals surface area contributed by atoms with Crippen LogP contribution in [0.3, 0.4) is 0 Å². The van der Waals surface area contributed by atoms with Crippen LogP contribution in [0.5, 0.6) is 0 Å². The summed E-state index contributed by atoms with van der Waals surface area (Å²) in [5.41, 5.74) is 0. The van der Waals surface area contributed by atoms with Gasteiger partial charge in [-0.1, -0.05) is 5.84 Å². The Balaban J connectivity index is 4.06. The monoisotopic (exact) mass is 130 g/mol. The van der Waals surface area contributed by atoms with Gasteiger partial charge >= 0.3 is 0 Å². The van der Waals surface area contributed by atoms with Crippen molar-refractivity contribution in [1.29, 1.82) is 5.41 Å². The zero-order valence-electron chi connectivity index (χ0n) is 4.82. The molecule has 0 aliphatic heterocycles. The summed E-state index contributed by atoms with van der Waals surface area (Å²) >= 11 is 0. The predicted molar refractivity (Wildman–Crippen MR) is 33.4 cm³/mol. The standard InChI is InChI=1S/C3H8N5O/c1-6-8(5,7-2)9-3-4/h3-4H,1-2,5H2/q+1. The third kappa shape index (κ3) is 1.98. The Kier molecular flexibility index (Phi) is 2.49. The van der Waals surface area contributed by atoms with E-state index in [0.717, 1.165) is 0 Å². The van der Waals surface area contributed by atoms with Gasteiger partial charge in [-0.15, -0.1) is 0 Å². The van der Waals surface area contributed by atoms with E-state index in [4.69, 9.17) is 11.3 Å². The van der Waals surface area contributed by atoms with E-state index in [-0.39, 0.29) is 0 Å². The average molecular weight is 130 g/mol. The molecule has 0 aliphatic rings. The maximum atomic E-state index is 6.45. The van der Waals surface area contributed by atoms with Crippen LogP contribution in [0.4, 0.5) is 0 Å². The van der Waals surface area contributed by atoms with Gasteiger partial charge in [-0.05, 0) is 0 Å². The van der Waals surface area contributed by atoms with Crippen LogP contribution >= 0.6 is 0 Å². The molecule has 0 aliphatic carbocycles. The van der Waals surface area contributed by atoms with E-state index in [9.17, 15) is 0 Å². The van der Waals surface area contributed by atoms with Gasteiger partial charge in [0.2, 0.25) is 6.40 Å². The highest BCUT2D eigenvalue weighted by Gasteiger charge is 2.19. The van der Waals surface area contributed by atoms with Gasteiger partial charge in [-0.2, -0.15) is 0 Å². The topological polar surface area (TPSA) is 83.8 Å². The van der Waals surface area contributed by atoms with Crippen LogP contribution in [0.25, 0.3) is 0 Å². The van der Waals surface area contributed by atoms with Gasteiger partial charge in [0.15, 0.2) is 4.97 Å². The molecule has 0 bridgehead atoms. The number of quaternary nitrogens is 1. The van der Waals surface area contributed by atoms with Gasteiger partial charge in [0.05, 0.1) is 13.4 Å². The first kappa shape index (κ1) is 7.73. The van der Waals surface area contributed by atoms with Crippen molar-refractivity contribution in [1.82, 2.24) is 0 Å². The molecule has 0 fully saturated rings. The first-order valence-corrected chi connectivity index (χ1v) is 2.00. The largest absolute Gasteiger partial charge is 0.269 e. The van der Waals surface area contributed by atoms with Gasteiger partial charge in [-0.25, -0.2) is 4.84 Å². The predicted octanol–water partition coefficient (Wildman–Crippen LogP) is -0.553. The molecule has 0 aromatic carbocycles. The Morgan fingerprint density at radius 2 is 2.00 bits per heavy atom. The number of nitrogens with one attached hydrogen (secondary N) is 1. The average Bonchev–Trinajstić information content (AvgIpc) is 1.89. The Labute approximate surface area is 52.2 Å². The maximum Gasteiger partial charge on any atom is 0.247 e. The van der Waals surface area contributed by atoms with Gasteiger partial charge in [0, 0.05) is 10.2 Å². The Morgan fingerprint density at radius 3 is 2.11 bits per heavy atom. The van der Waals surface area contributed by atoms with E-state index in [0.29, 0.717) is 6.40 Å². The van der Waals surface area contributed by atoms with E-state index in [2.05, 4.69) is 28.5 Å². The number of nitrogens with two attached hydrogens (primary N) is 1. The van der Waals surface area contributed by atoms with E-state index >= 15 is 0 Å². The number of nitrogens with zero attached hydrogens (tertiary/aromatic N) is 3. The molecule has 0 aromatic heterocycles. The summed E-state index contributed by atoms with van der Waals surface area (Å²) in [6, 6.07) is 0. The van der Waals surface area contributed by atoms with Crippen LogP contribution in [0.1, 0.15) is 0 Å². The lowest BCUT2D eigenvalue weighted by atomic mass is 11.5. The molecule has 0 saturated heterocycles. The highest BCUT2D eigenvalue weighted by Crippen LogP contribution is 1.96. The van der Waals surface area contributed by atoms with Crippen LogP contribution in [-0.4, -0.2) is 24.8 Å². The molecule has 6 nitrogen and oxygen atoms in total. The summed E-state index contributed by atoms with van der Waals surface area (Å²) in [5.74, 6) is 5.11. The zero-order chi connectivity index (χ0) is 7.33. The lowest BCUT2D eigenvalue weighted by Gasteiger charge is -2.10.